The van der Waals surface area contributed by atoms with Crippen LogP contribution < -0.4 is 0 Å². The van der Waals surface area contributed by atoms with Gasteiger partial charge in [-0.3, -0.25) is 9.59 Å². The van der Waals surface area contributed by atoms with Crippen molar-refractivity contribution < 1.29 is 50.8 Å². The molecule has 3 N–H and O–H groups in total. The van der Waals surface area contributed by atoms with E-state index in [1.807, 2.05) is 0 Å². The fourth-order valence-electron chi connectivity index (χ4n) is 1.98. The molecule has 1 aliphatic carbocycles. The van der Waals surface area contributed by atoms with E-state index in [9.17, 15) is 14.4 Å². The van der Waals surface area contributed by atoms with Crippen molar-refractivity contribution >= 4 is 29.6 Å². The fraction of sp³-hybridized carbons (Fsp3) is 0.786. The zero-order valence-electron chi connectivity index (χ0n) is 13.1. The van der Waals surface area contributed by atoms with Crippen LogP contribution in [-0.4, -0.2) is 57.8 Å². The number of aliphatic carboxylic acids is 2. The Balaban J connectivity index is 0. The second kappa shape index (κ2) is 15.0. The van der Waals surface area contributed by atoms with Crippen molar-refractivity contribution in [2.75, 3.05) is 19.4 Å². The number of carbonyl (C=O) groups excluding carboxylic acids is 1. The van der Waals surface area contributed by atoms with E-state index < -0.39 is 23.1 Å². The molecule has 0 saturated heterocycles. The number of carbonyl (C=O) groups is 3. The summed E-state index contributed by atoms with van der Waals surface area (Å²) in [6, 6.07) is 0. The summed E-state index contributed by atoms with van der Waals surface area (Å²) in [5, 5.41) is 28.4. The summed E-state index contributed by atoms with van der Waals surface area (Å²) in [7, 11) is 1.35. The smallest absolute Gasteiger partial charge is 0.306 e. The molecular weight excluding hydrogens is 494 g/mol. The van der Waals surface area contributed by atoms with Crippen LogP contribution in [-0.2, 0) is 35.4 Å². The molecule has 134 valence electrons. The summed E-state index contributed by atoms with van der Waals surface area (Å²) in [6.45, 7) is -0.305. The summed E-state index contributed by atoms with van der Waals surface area (Å²) in [4.78, 5) is 31.4. The first kappa shape index (κ1) is 24.7. The molecule has 1 fully saturated rings. The number of amides is 1. The first-order valence-electron chi connectivity index (χ1n) is 7.23. The number of nitrogens with zero attached hydrogens (tertiary/aromatic N) is 1. The van der Waals surface area contributed by atoms with Gasteiger partial charge in [-0.2, -0.15) is 0 Å². The van der Waals surface area contributed by atoms with Crippen LogP contribution in [0.5, 0.6) is 0 Å². The molecule has 0 heterocycles. The average molecular weight is 518 g/mol. The third-order valence-electron chi connectivity index (χ3n) is 3.25. The second-order valence-electron chi connectivity index (χ2n) is 4.92. The molecule has 0 aromatic rings. The summed E-state index contributed by atoms with van der Waals surface area (Å²) in [5.41, 5.74) is 0. The Hall–Kier alpha value is -0.592. The molecule has 1 aliphatic rings. The maximum Gasteiger partial charge on any atom is 0.306 e. The van der Waals surface area contributed by atoms with Crippen molar-refractivity contribution in [2.24, 2.45) is 5.92 Å². The Bertz CT molecular complexity index is 363. The van der Waals surface area contributed by atoms with Gasteiger partial charge in [-0.25, -0.2) is 0 Å². The Labute approximate surface area is 154 Å². The van der Waals surface area contributed by atoms with Crippen molar-refractivity contribution in [3.63, 3.8) is 0 Å². The Morgan fingerprint density at radius 3 is 2.09 bits per heavy atom. The van der Waals surface area contributed by atoms with Gasteiger partial charge in [0, 0.05) is 26.8 Å². The number of carboxylic acid groups (broad SMARTS) is 2. The van der Waals surface area contributed by atoms with Gasteiger partial charge in [-0.15, -0.1) is 18.8 Å². The number of hydrogen-bond donors (Lipinski definition) is 3. The first-order valence-corrected chi connectivity index (χ1v) is 8.28. The van der Waals surface area contributed by atoms with E-state index in [4.69, 9.17) is 15.3 Å². The van der Waals surface area contributed by atoms with E-state index in [0.29, 0.717) is 5.75 Å². The maximum atomic E-state index is 10.9. The van der Waals surface area contributed by atoms with Crippen LogP contribution >= 0.6 is 11.8 Å². The third kappa shape index (κ3) is 12.5. The SMILES string of the molecule is C[N-]C(=O)C(CO)SCCC(=O)O.O=C(O)C1CCCCC1.[W]. The summed E-state index contributed by atoms with van der Waals surface area (Å²) >= 11 is 1.11. The van der Waals surface area contributed by atoms with Crippen LogP contribution in [0, 0.1) is 5.92 Å². The standard InChI is InChI=1S/C7H13NO4S.C7H12O2.W/c1-8-7(12)5(4-9)13-3-2-6(10)11;8-7(9)6-4-2-1-3-5-6;/h5,9H,2-4H2,1H3,(H2,8,10,11,12);6H,1-5H2,(H,8,9);/p-1. The first-order chi connectivity index (χ1) is 10.4. The molecule has 7 nitrogen and oxygen atoms in total. The minimum atomic E-state index is -0.912. The Morgan fingerprint density at radius 1 is 1.17 bits per heavy atom. The minimum Gasteiger partial charge on any atom is -0.655 e. The zero-order chi connectivity index (χ0) is 17.0. The monoisotopic (exact) mass is 518 g/mol. The number of aliphatic hydroxyl groups is 1. The quantitative estimate of drug-likeness (QED) is 0.469. The molecule has 0 aromatic carbocycles. The number of hydrogen-bond acceptors (Lipinski definition) is 5. The van der Waals surface area contributed by atoms with Crippen LogP contribution in [0.4, 0.5) is 0 Å². The molecule has 0 spiro atoms. The number of thioether (sulfide) groups is 1. The Morgan fingerprint density at radius 2 is 1.74 bits per heavy atom. The van der Waals surface area contributed by atoms with Crippen LogP contribution in [0.15, 0.2) is 0 Å². The van der Waals surface area contributed by atoms with Gasteiger partial charge in [0.1, 0.15) is 0 Å². The molecule has 9 heteroatoms. The average Bonchev–Trinajstić information content (AvgIpc) is 2.52. The molecule has 0 bridgehead atoms. The molecule has 1 amide bonds. The molecule has 1 rings (SSSR count). The van der Waals surface area contributed by atoms with Gasteiger partial charge in [-0.05, 0) is 12.8 Å². The predicted octanol–water partition coefficient (Wildman–Crippen LogP) is 1.73. The van der Waals surface area contributed by atoms with Crippen LogP contribution in [0.1, 0.15) is 38.5 Å². The number of carboxylic acids is 2. The van der Waals surface area contributed by atoms with Gasteiger partial charge < -0.3 is 25.4 Å². The molecule has 1 atom stereocenters. The van der Waals surface area contributed by atoms with Crippen molar-refractivity contribution in [3.05, 3.63) is 5.32 Å². The molecule has 0 aromatic heterocycles. The van der Waals surface area contributed by atoms with Gasteiger partial charge in [0.2, 0.25) is 0 Å². The predicted molar refractivity (Wildman–Crippen MR) is 84.1 cm³/mol. The van der Waals surface area contributed by atoms with Gasteiger partial charge >= 0.3 is 11.9 Å². The number of aliphatic hydroxyl groups excluding tert-OH is 1. The van der Waals surface area contributed by atoms with Crippen molar-refractivity contribution in [1.82, 2.24) is 0 Å². The molecule has 0 radical (unpaired) electrons. The largest absolute Gasteiger partial charge is 0.655 e. The normalized spacial score (nSPS) is 15.4. The second-order valence-corrected chi connectivity index (χ2v) is 6.23. The van der Waals surface area contributed by atoms with E-state index in [-0.39, 0.29) is 40.0 Å². The zero-order valence-corrected chi connectivity index (χ0v) is 16.9. The van der Waals surface area contributed by atoms with Crippen molar-refractivity contribution in [2.45, 2.75) is 43.8 Å². The minimum absolute atomic E-state index is 0. The summed E-state index contributed by atoms with van der Waals surface area (Å²) in [6.07, 6.45) is 5.22. The molecule has 23 heavy (non-hydrogen) atoms. The maximum absolute atomic E-state index is 10.9. The van der Waals surface area contributed by atoms with E-state index >= 15 is 0 Å². The molecular formula is C14H24NO6SW-. The van der Waals surface area contributed by atoms with E-state index in [1.54, 1.807) is 0 Å². The van der Waals surface area contributed by atoms with Crippen LogP contribution in [0.25, 0.3) is 5.32 Å². The van der Waals surface area contributed by atoms with Crippen LogP contribution in [0.2, 0.25) is 0 Å². The van der Waals surface area contributed by atoms with Gasteiger partial charge in [0.25, 0.3) is 0 Å². The van der Waals surface area contributed by atoms with E-state index in [2.05, 4.69) is 5.32 Å². The van der Waals surface area contributed by atoms with E-state index in [0.717, 1.165) is 37.4 Å². The van der Waals surface area contributed by atoms with Gasteiger partial charge in [0.05, 0.1) is 30.1 Å². The van der Waals surface area contributed by atoms with Gasteiger partial charge in [0.15, 0.2) is 0 Å². The fourth-order valence-corrected chi connectivity index (χ4v) is 2.91. The van der Waals surface area contributed by atoms with Gasteiger partial charge in [-0.1, -0.05) is 19.3 Å². The third-order valence-corrected chi connectivity index (χ3v) is 4.44. The van der Waals surface area contributed by atoms with Crippen molar-refractivity contribution in [1.29, 1.82) is 0 Å². The molecule has 0 aliphatic heterocycles. The Kier molecular flexibility index (Phi) is 16.0. The number of rotatable bonds is 7. The molecule has 1 unspecified atom stereocenters. The molecule has 1 saturated carbocycles. The van der Waals surface area contributed by atoms with E-state index in [1.165, 1.54) is 13.5 Å². The summed E-state index contributed by atoms with van der Waals surface area (Å²) < 4.78 is 0. The topological polar surface area (TPSA) is 126 Å². The van der Waals surface area contributed by atoms with Crippen molar-refractivity contribution in [3.8, 4) is 0 Å². The van der Waals surface area contributed by atoms with Crippen LogP contribution in [0.3, 0.4) is 0 Å². The summed E-state index contributed by atoms with van der Waals surface area (Å²) in [5.74, 6) is -1.64.